The Hall–Kier alpha value is -1.42. The molecule has 0 amide bonds. The number of fused-ring (bicyclic) bond motifs is 1. The van der Waals surface area contributed by atoms with Crippen molar-refractivity contribution in [1.29, 1.82) is 0 Å². The molecule has 1 aliphatic rings. The second-order valence-electron chi connectivity index (χ2n) is 6.36. The Morgan fingerprint density at radius 2 is 2.15 bits per heavy atom. The third kappa shape index (κ3) is 2.12. The molecule has 0 unspecified atom stereocenters. The van der Waals surface area contributed by atoms with Gasteiger partial charge >= 0.3 is 0 Å². The van der Waals surface area contributed by atoms with E-state index < -0.39 is 0 Å². The van der Waals surface area contributed by atoms with Gasteiger partial charge in [0.05, 0.1) is 11.0 Å². The van der Waals surface area contributed by atoms with Crippen LogP contribution in [0.3, 0.4) is 0 Å². The predicted molar refractivity (Wildman–Crippen MR) is 79.1 cm³/mol. The monoisotopic (exact) mass is 275 g/mol. The van der Waals surface area contributed by atoms with Gasteiger partial charge in [0.25, 0.3) is 0 Å². The van der Waals surface area contributed by atoms with Crippen LogP contribution in [-0.2, 0) is 6.42 Å². The summed E-state index contributed by atoms with van der Waals surface area (Å²) in [6.07, 6.45) is 4.52. The van der Waals surface area contributed by atoms with Gasteiger partial charge in [-0.25, -0.2) is 9.37 Å². The lowest BCUT2D eigenvalue weighted by Gasteiger charge is -2.41. The Morgan fingerprint density at radius 1 is 1.40 bits per heavy atom. The zero-order chi connectivity index (χ0) is 14.3. The molecule has 1 heterocycles. The second kappa shape index (κ2) is 4.85. The standard InChI is InChI=1S/C16H22FN3/c1-11(2)20-14-8-12(17)4-5-13(14)19-15(20)9-16(10-18)6-3-7-16/h4-5,8,11H,3,6-7,9-10,18H2,1-2H3. The molecule has 2 N–H and O–H groups in total. The van der Waals surface area contributed by atoms with Crippen LogP contribution in [0.4, 0.5) is 4.39 Å². The van der Waals surface area contributed by atoms with Crippen LogP contribution in [0, 0.1) is 11.2 Å². The molecule has 4 heteroatoms. The highest BCUT2D eigenvalue weighted by Gasteiger charge is 2.37. The van der Waals surface area contributed by atoms with E-state index in [9.17, 15) is 4.39 Å². The molecule has 1 aliphatic carbocycles. The zero-order valence-electron chi connectivity index (χ0n) is 12.2. The third-order valence-electron chi connectivity index (χ3n) is 4.62. The zero-order valence-corrected chi connectivity index (χ0v) is 12.2. The summed E-state index contributed by atoms with van der Waals surface area (Å²) in [7, 11) is 0. The van der Waals surface area contributed by atoms with Gasteiger partial charge in [-0.05, 0) is 56.8 Å². The molecule has 1 saturated carbocycles. The van der Waals surface area contributed by atoms with Crippen LogP contribution >= 0.6 is 0 Å². The van der Waals surface area contributed by atoms with Crippen LogP contribution in [0.15, 0.2) is 18.2 Å². The number of imidazole rings is 1. The number of benzene rings is 1. The molecule has 0 aliphatic heterocycles. The molecule has 2 aromatic rings. The topological polar surface area (TPSA) is 43.8 Å². The Balaban J connectivity index is 2.07. The predicted octanol–water partition coefficient (Wildman–Crippen LogP) is 3.43. The lowest BCUT2D eigenvalue weighted by Crippen LogP contribution is -2.40. The molecule has 3 rings (SSSR count). The molecule has 0 saturated heterocycles. The average Bonchev–Trinajstić information content (AvgIpc) is 2.70. The van der Waals surface area contributed by atoms with E-state index in [1.54, 1.807) is 12.1 Å². The molecule has 0 bridgehead atoms. The molecule has 1 aromatic heterocycles. The summed E-state index contributed by atoms with van der Waals surface area (Å²) in [6, 6.07) is 5.10. The van der Waals surface area contributed by atoms with Gasteiger partial charge in [0, 0.05) is 12.5 Å². The quantitative estimate of drug-likeness (QED) is 0.929. The highest BCUT2D eigenvalue weighted by atomic mass is 19.1. The summed E-state index contributed by atoms with van der Waals surface area (Å²) < 4.78 is 15.7. The van der Waals surface area contributed by atoms with Crippen LogP contribution in [-0.4, -0.2) is 16.1 Å². The normalized spacial score (nSPS) is 17.6. The Kier molecular flexibility index (Phi) is 3.28. The minimum atomic E-state index is -0.206. The molecule has 1 aromatic carbocycles. The maximum atomic E-state index is 13.5. The first-order chi connectivity index (χ1) is 9.54. The number of hydrogen-bond donors (Lipinski definition) is 1. The Morgan fingerprint density at radius 3 is 2.70 bits per heavy atom. The van der Waals surface area contributed by atoms with Crippen molar-refractivity contribution < 1.29 is 4.39 Å². The first-order valence-corrected chi connectivity index (χ1v) is 7.41. The summed E-state index contributed by atoms with van der Waals surface area (Å²) in [5.74, 6) is 0.841. The average molecular weight is 275 g/mol. The molecule has 1 fully saturated rings. The molecule has 0 spiro atoms. The maximum Gasteiger partial charge on any atom is 0.125 e. The van der Waals surface area contributed by atoms with Crippen LogP contribution in [0.2, 0.25) is 0 Å². The molecular weight excluding hydrogens is 253 g/mol. The van der Waals surface area contributed by atoms with E-state index in [1.807, 2.05) is 0 Å². The van der Waals surface area contributed by atoms with E-state index in [1.165, 1.54) is 25.3 Å². The summed E-state index contributed by atoms with van der Waals surface area (Å²) >= 11 is 0. The van der Waals surface area contributed by atoms with Gasteiger partial charge in [-0.2, -0.15) is 0 Å². The number of aromatic nitrogens is 2. The lowest BCUT2D eigenvalue weighted by atomic mass is 9.66. The number of rotatable bonds is 4. The molecule has 0 radical (unpaired) electrons. The van der Waals surface area contributed by atoms with Gasteiger partial charge in [-0.1, -0.05) is 6.42 Å². The van der Waals surface area contributed by atoms with Gasteiger partial charge in [0.1, 0.15) is 11.6 Å². The SMILES string of the molecule is CC(C)n1c(CC2(CN)CCC2)nc2ccc(F)cc21. The van der Waals surface area contributed by atoms with Gasteiger partial charge in [-0.15, -0.1) is 0 Å². The van der Waals surface area contributed by atoms with Crippen molar-refractivity contribution in [2.24, 2.45) is 11.1 Å². The number of nitrogens with zero attached hydrogens (tertiary/aromatic N) is 2. The van der Waals surface area contributed by atoms with Crippen molar-refractivity contribution >= 4 is 11.0 Å². The summed E-state index contributed by atoms with van der Waals surface area (Å²) in [6.45, 7) is 4.94. The van der Waals surface area contributed by atoms with E-state index in [0.717, 1.165) is 23.3 Å². The van der Waals surface area contributed by atoms with E-state index in [-0.39, 0.29) is 17.3 Å². The first kappa shape index (κ1) is 13.6. The summed E-state index contributed by atoms with van der Waals surface area (Å²) in [5, 5.41) is 0. The van der Waals surface area contributed by atoms with Crippen LogP contribution < -0.4 is 5.73 Å². The number of nitrogens with two attached hydrogens (primary N) is 1. The minimum absolute atomic E-state index is 0.206. The fourth-order valence-corrected chi connectivity index (χ4v) is 3.28. The lowest BCUT2D eigenvalue weighted by molar-refractivity contribution is 0.139. The van der Waals surface area contributed by atoms with Crippen molar-refractivity contribution in [3.8, 4) is 0 Å². The molecule has 0 atom stereocenters. The number of halogens is 1. The van der Waals surface area contributed by atoms with Crippen LogP contribution in [0.25, 0.3) is 11.0 Å². The van der Waals surface area contributed by atoms with Crippen molar-refractivity contribution in [1.82, 2.24) is 9.55 Å². The van der Waals surface area contributed by atoms with Gasteiger partial charge in [-0.3, -0.25) is 0 Å². The van der Waals surface area contributed by atoms with Gasteiger partial charge in [0.2, 0.25) is 0 Å². The van der Waals surface area contributed by atoms with Gasteiger partial charge in [0.15, 0.2) is 0 Å². The van der Waals surface area contributed by atoms with Crippen molar-refractivity contribution in [3.05, 3.63) is 29.8 Å². The fourth-order valence-electron chi connectivity index (χ4n) is 3.28. The van der Waals surface area contributed by atoms with Crippen molar-refractivity contribution in [2.75, 3.05) is 6.54 Å². The highest BCUT2D eigenvalue weighted by molar-refractivity contribution is 5.76. The first-order valence-electron chi connectivity index (χ1n) is 7.41. The molecule has 108 valence electrons. The van der Waals surface area contributed by atoms with E-state index in [2.05, 4.69) is 18.4 Å². The smallest absolute Gasteiger partial charge is 0.125 e. The summed E-state index contributed by atoms with van der Waals surface area (Å²) in [4.78, 5) is 4.73. The van der Waals surface area contributed by atoms with E-state index in [0.29, 0.717) is 6.54 Å². The molecular formula is C16H22FN3. The van der Waals surface area contributed by atoms with Crippen molar-refractivity contribution in [2.45, 2.75) is 45.6 Å². The van der Waals surface area contributed by atoms with Crippen LogP contribution in [0.1, 0.15) is 45.0 Å². The Bertz CT molecular complexity index is 620. The Labute approximate surface area is 119 Å². The summed E-state index contributed by atoms with van der Waals surface area (Å²) in [5.41, 5.74) is 7.95. The molecule has 20 heavy (non-hydrogen) atoms. The van der Waals surface area contributed by atoms with E-state index >= 15 is 0 Å². The highest BCUT2D eigenvalue weighted by Crippen LogP contribution is 2.43. The van der Waals surface area contributed by atoms with Gasteiger partial charge < -0.3 is 10.3 Å². The minimum Gasteiger partial charge on any atom is -0.330 e. The second-order valence-corrected chi connectivity index (χ2v) is 6.36. The van der Waals surface area contributed by atoms with Crippen LogP contribution in [0.5, 0.6) is 0 Å². The van der Waals surface area contributed by atoms with E-state index in [4.69, 9.17) is 10.7 Å². The maximum absolute atomic E-state index is 13.5. The third-order valence-corrected chi connectivity index (χ3v) is 4.62. The number of hydrogen-bond acceptors (Lipinski definition) is 2. The largest absolute Gasteiger partial charge is 0.330 e. The van der Waals surface area contributed by atoms with Crippen molar-refractivity contribution in [3.63, 3.8) is 0 Å². The molecule has 3 nitrogen and oxygen atoms in total. The fraction of sp³-hybridized carbons (Fsp3) is 0.562.